The quantitative estimate of drug-likeness (QED) is 0.612. The van der Waals surface area contributed by atoms with Crippen LogP contribution in [0.2, 0.25) is 5.02 Å². The number of benzene rings is 1. The van der Waals surface area contributed by atoms with E-state index in [0.29, 0.717) is 11.4 Å². The Kier molecular flexibility index (Phi) is 2.68. The van der Waals surface area contributed by atoms with Crippen molar-refractivity contribution >= 4 is 44.9 Å². The maximum absolute atomic E-state index is 6.07. The second-order valence-electron chi connectivity index (χ2n) is 4.47. The summed E-state index contributed by atoms with van der Waals surface area (Å²) in [6.45, 7) is 0. The number of rotatable bonds is 2. The van der Waals surface area contributed by atoms with Crippen LogP contribution in [-0.4, -0.2) is 19.9 Å². The summed E-state index contributed by atoms with van der Waals surface area (Å²) in [5, 5.41) is 4.67. The molecular formula is C14H9ClN4S. The van der Waals surface area contributed by atoms with Gasteiger partial charge in [0, 0.05) is 22.0 Å². The minimum atomic E-state index is 0.691. The van der Waals surface area contributed by atoms with Crippen LogP contribution in [0.25, 0.3) is 21.9 Å². The first-order valence-electron chi connectivity index (χ1n) is 6.11. The number of imidazole rings is 1. The van der Waals surface area contributed by atoms with Crippen LogP contribution in [-0.2, 0) is 6.42 Å². The van der Waals surface area contributed by atoms with Crippen molar-refractivity contribution in [2.24, 2.45) is 0 Å². The van der Waals surface area contributed by atoms with Gasteiger partial charge in [-0.2, -0.15) is 0 Å². The van der Waals surface area contributed by atoms with Gasteiger partial charge in [-0.15, -0.1) is 11.3 Å². The van der Waals surface area contributed by atoms with Crippen molar-refractivity contribution in [3.8, 4) is 0 Å². The summed E-state index contributed by atoms with van der Waals surface area (Å²) < 4.78 is 0. The molecule has 4 aromatic rings. The largest absolute Gasteiger partial charge is 0.340 e. The van der Waals surface area contributed by atoms with E-state index in [1.54, 1.807) is 17.5 Å². The predicted molar refractivity (Wildman–Crippen MR) is 81.3 cm³/mol. The molecule has 0 aliphatic heterocycles. The van der Waals surface area contributed by atoms with Gasteiger partial charge in [-0.3, -0.25) is 4.98 Å². The smallest absolute Gasteiger partial charge is 0.114 e. The number of aromatic nitrogens is 4. The first-order chi connectivity index (χ1) is 9.79. The van der Waals surface area contributed by atoms with E-state index in [1.165, 1.54) is 0 Å². The average Bonchev–Trinajstić information content (AvgIpc) is 3.08. The van der Waals surface area contributed by atoms with Crippen molar-refractivity contribution in [3.63, 3.8) is 0 Å². The Bertz CT molecular complexity index is 898. The maximum atomic E-state index is 6.07. The van der Waals surface area contributed by atoms with E-state index >= 15 is 0 Å². The molecule has 0 aliphatic rings. The lowest BCUT2D eigenvalue weighted by Gasteiger charge is -1.97. The second-order valence-corrected chi connectivity index (χ2v) is 5.88. The van der Waals surface area contributed by atoms with Gasteiger partial charge in [-0.1, -0.05) is 11.6 Å². The molecule has 3 heterocycles. The van der Waals surface area contributed by atoms with E-state index < -0.39 is 0 Å². The number of aromatic amines is 1. The summed E-state index contributed by atoms with van der Waals surface area (Å²) >= 11 is 7.69. The number of hydrogen-bond acceptors (Lipinski definition) is 4. The van der Waals surface area contributed by atoms with Crippen LogP contribution in [0.15, 0.2) is 36.0 Å². The highest BCUT2D eigenvalue weighted by Gasteiger charge is 2.09. The number of fused-ring (bicyclic) bond motifs is 3. The minimum Gasteiger partial charge on any atom is -0.340 e. The van der Waals surface area contributed by atoms with Gasteiger partial charge >= 0.3 is 0 Å². The lowest BCUT2D eigenvalue weighted by molar-refractivity contribution is 1.02. The van der Waals surface area contributed by atoms with E-state index in [1.807, 2.05) is 29.8 Å². The van der Waals surface area contributed by atoms with E-state index in [9.17, 15) is 0 Å². The molecule has 0 amide bonds. The van der Waals surface area contributed by atoms with Crippen LogP contribution in [0, 0.1) is 0 Å². The number of thiazole rings is 1. The summed E-state index contributed by atoms with van der Waals surface area (Å²) in [7, 11) is 0. The summed E-state index contributed by atoms with van der Waals surface area (Å²) in [5.41, 5.74) is 2.73. The molecule has 98 valence electrons. The maximum Gasteiger partial charge on any atom is 0.114 e. The zero-order valence-electron chi connectivity index (χ0n) is 10.3. The average molecular weight is 301 g/mol. The van der Waals surface area contributed by atoms with Crippen LogP contribution in [0.3, 0.4) is 0 Å². The molecule has 0 saturated carbocycles. The van der Waals surface area contributed by atoms with E-state index in [-0.39, 0.29) is 0 Å². The highest BCUT2D eigenvalue weighted by atomic mass is 35.5. The number of hydrogen-bond donors (Lipinski definition) is 1. The predicted octanol–water partition coefficient (Wildman–Crippen LogP) is 3.81. The van der Waals surface area contributed by atoms with Crippen molar-refractivity contribution in [2.45, 2.75) is 6.42 Å². The Morgan fingerprint density at radius 1 is 1.25 bits per heavy atom. The second kappa shape index (κ2) is 4.54. The number of pyridine rings is 1. The van der Waals surface area contributed by atoms with Crippen molar-refractivity contribution in [3.05, 3.63) is 51.8 Å². The van der Waals surface area contributed by atoms with Gasteiger partial charge in [-0.05, 0) is 18.2 Å². The van der Waals surface area contributed by atoms with Gasteiger partial charge in [0.15, 0.2) is 0 Å². The molecule has 0 fully saturated rings. The van der Waals surface area contributed by atoms with Crippen LogP contribution in [0.5, 0.6) is 0 Å². The normalized spacial score (nSPS) is 11.4. The Labute approximate surface area is 123 Å². The molecule has 1 N–H and O–H groups in total. The third kappa shape index (κ3) is 1.95. The Morgan fingerprint density at radius 2 is 2.20 bits per heavy atom. The molecule has 0 spiro atoms. The van der Waals surface area contributed by atoms with Gasteiger partial charge in [0.1, 0.15) is 5.82 Å². The summed E-state index contributed by atoms with van der Waals surface area (Å²) in [5.74, 6) is 0.893. The molecule has 20 heavy (non-hydrogen) atoms. The lowest BCUT2D eigenvalue weighted by atomic mass is 10.2. The van der Waals surface area contributed by atoms with Crippen molar-refractivity contribution < 1.29 is 0 Å². The molecule has 0 aliphatic carbocycles. The fraction of sp³-hybridized carbons (Fsp3) is 0.0714. The van der Waals surface area contributed by atoms with E-state index in [2.05, 4.69) is 19.9 Å². The molecule has 0 atom stereocenters. The first kappa shape index (κ1) is 11.8. The SMILES string of the molecule is Clc1ccc2ncc3[nH]c(Cc4nccs4)nc3c2c1. The van der Waals surface area contributed by atoms with Gasteiger partial charge in [0.05, 0.1) is 34.2 Å². The number of H-pyrrole nitrogens is 1. The van der Waals surface area contributed by atoms with Crippen LogP contribution >= 0.6 is 22.9 Å². The Balaban J connectivity index is 1.89. The van der Waals surface area contributed by atoms with Crippen LogP contribution < -0.4 is 0 Å². The van der Waals surface area contributed by atoms with Crippen molar-refractivity contribution in [1.82, 2.24) is 19.9 Å². The molecule has 0 unspecified atom stereocenters. The summed E-state index contributed by atoms with van der Waals surface area (Å²) in [6, 6.07) is 5.65. The molecular weight excluding hydrogens is 292 g/mol. The zero-order valence-corrected chi connectivity index (χ0v) is 11.9. The monoisotopic (exact) mass is 300 g/mol. The van der Waals surface area contributed by atoms with Crippen molar-refractivity contribution in [2.75, 3.05) is 0 Å². The van der Waals surface area contributed by atoms with Crippen LogP contribution in [0.4, 0.5) is 0 Å². The minimum absolute atomic E-state index is 0.691. The van der Waals surface area contributed by atoms with E-state index in [4.69, 9.17) is 11.6 Å². The Hall–Kier alpha value is -1.98. The first-order valence-corrected chi connectivity index (χ1v) is 7.36. The number of halogens is 1. The number of nitrogens with zero attached hydrogens (tertiary/aromatic N) is 3. The van der Waals surface area contributed by atoms with Gasteiger partial charge in [0.25, 0.3) is 0 Å². The summed E-state index contributed by atoms with van der Waals surface area (Å²) in [4.78, 5) is 16.7. The molecule has 0 saturated heterocycles. The highest BCUT2D eigenvalue weighted by molar-refractivity contribution is 7.09. The molecule has 4 nitrogen and oxygen atoms in total. The molecule has 3 aromatic heterocycles. The lowest BCUT2D eigenvalue weighted by Crippen LogP contribution is -1.88. The molecule has 0 radical (unpaired) electrons. The van der Waals surface area contributed by atoms with Gasteiger partial charge < -0.3 is 4.98 Å². The summed E-state index contributed by atoms with van der Waals surface area (Å²) in [6.07, 6.45) is 4.32. The van der Waals surface area contributed by atoms with E-state index in [0.717, 1.165) is 32.8 Å². The highest BCUT2D eigenvalue weighted by Crippen LogP contribution is 2.25. The molecule has 6 heteroatoms. The number of nitrogens with one attached hydrogen (secondary N) is 1. The standard InChI is InChI=1S/C14H9ClN4S/c15-8-1-2-10-9(5-8)14-11(7-17-10)18-12(19-14)6-13-16-3-4-20-13/h1-5,7H,6H2,(H,18,19). The van der Waals surface area contributed by atoms with Gasteiger partial charge in [0.2, 0.25) is 0 Å². The molecule has 0 bridgehead atoms. The molecule has 1 aromatic carbocycles. The third-order valence-corrected chi connectivity index (χ3v) is 4.14. The zero-order chi connectivity index (χ0) is 13.5. The third-order valence-electron chi connectivity index (χ3n) is 3.13. The fourth-order valence-electron chi connectivity index (χ4n) is 2.25. The Morgan fingerprint density at radius 3 is 3.05 bits per heavy atom. The fourth-order valence-corrected chi connectivity index (χ4v) is 3.04. The van der Waals surface area contributed by atoms with Gasteiger partial charge in [-0.25, -0.2) is 9.97 Å². The topological polar surface area (TPSA) is 54.5 Å². The van der Waals surface area contributed by atoms with Crippen LogP contribution in [0.1, 0.15) is 10.8 Å². The molecule has 4 rings (SSSR count). The van der Waals surface area contributed by atoms with Crippen molar-refractivity contribution in [1.29, 1.82) is 0 Å².